The second kappa shape index (κ2) is 5.65. The maximum Gasteiger partial charge on any atom is 0.309 e. The van der Waals surface area contributed by atoms with Gasteiger partial charge in [-0.05, 0) is 60.7 Å². The van der Waals surface area contributed by atoms with E-state index in [1.807, 2.05) is 0 Å². The number of carbonyl (C=O) groups excluding carboxylic acids is 3. The van der Waals surface area contributed by atoms with Crippen LogP contribution < -0.4 is 0 Å². The minimum atomic E-state index is -0.269. The Labute approximate surface area is 150 Å². The Morgan fingerprint density at radius 1 is 1.04 bits per heavy atom. The third kappa shape index (κ3) is 2.28. The van der Waals surface area contributed by atoms with Crippen LogP contribution in [0.3, 0.4) is 0 Å². The number of esters is 1. The number of rotatable bonds is 1. The normalized spacial score (nSPS) is 49.2. The molecule has 4 saturated carbocycles. The van der Waals surface area contributed by atoms with Gasteiger partial charge in [0.2, 0.25) is 0 Å². The molecule has 0 aliphatic heterocycles. The second-order valence-electron chi connectivity index (χ2n) is 9.56. The molecule has 0 bridgehead atoms. The predicted octanol–water partition coefficient (Wildman–Crippen LogP) is 3.57. The van der Waals surface area contributed by atoms with E-state index in [1.54, 1.807) is 0 Å². The topological polar surface area (TPSA) is 60.4 Å². The summed E-state index contributed by atoms with van der Waals surface area (Å²) in [6.07, 6.45) is 6.90. The van der Waals surface area contributed by atoms with Gasteiger partial charge in [0, 0.05) is 25.2 Å². The van der Waals surface area contributed by atoms with Crippen LogP contribution in [0.5, 0.6) is 0 Å². The summed E-state index contributed by atoms with van der Waals surface area (Å²) in [6.45, 7) is 4.53. The molecular weight excluding hydrogens is 316 g/mol. The van der Waals surface area contributed by atoms with Gasteiger partial charge in [-0.15, -0.1) is 0 Å². The molecule has 4 aliphatic rings. The van der Waals surface area contributed by atoms with Crippen molar-refractivity contribution in [1.82, 2.24) is 0 Å². The van der Waals surface area contributed by atoms with Crippen LogP contribution in [-0.2, 0) is 19.1 Å². The van der Waals surface area contributed by atoms with E-state index in [0.717, 1.165) is 38.5 Å². The first kappa shape index (κ1) is 17.2. The van der Waals surface area contributed by atoms with Gasteiger partial charge in [-0.25, -0.2) is 0 Å². The first-order chi connectivity index (χ1) is 11.8. The molecular formula is C21H30O4. The van der Waals surface area contributed by atoms with Gasteiger partial charge in [0.1, 0.15) is 11.6 Å². The molecule has 0 aromatic heterocycles. The van der Waals surface area contributed by atoms with Crippen LogP contribution in [0.1, 0.15) is 65.2 Å². The number of hydrogen-bond donors (Lipinski definition) is 0. The van der Waals surface area contributed by atoms with Crippen molar-refractivity contribution in [3.8, 4) is 0 Å². The first-order valence-electron chi connectivity index (χ1n) is 9.93. The molecule has 4 aliphatic carbocycles. The molecule has 138 valence electrons. The number of ketones is 2. The van der Waals surface area contributed by atoms with Crippen LogP contribution in [0.2, 0.25) is 0 Å². The molecule has 0 amide bonds. The third-order valence-electron chi connectivity index (χ3n) is 8.73. The molecule has 0 saturated heterocycles. The molecule has 4 heteroatoms. The second-order valence-corrected chi connectivity index (χ2v) is 9.56. The zero-order valence-corrected chi connectivity index (χ0v) is 15.7. The summed E-state index contributed by atoms with van der Waals surface area (Å²) in [6, 6.07) is 0. The van der Waals surface area contributed by atoms with E-state index in [1.165, 1.54) is 7.11 Å². The summed E-state index contributed by atoms with van der Waals surface area (Å²) >= 11 is 0. The molecule has 0 N–H and O–H groups in total. The SMILES string of the molecule is COC(=O)C1CC(=O)C2C3CCC4CC(=O)CCC4(C)C3CCC12C. The molecule has 7 unspecified atom stereocenters. The molecule has 0 spiro atoms. The van der Waals surface area contributed by atoms with Crippen molar-refractivity contribution >= 4 is 17.5 Å². The number of carbonyl (C=O) groups is 3. The minimum absolute atomic E-state index is 0.00533. The summed E-state index contributed by atoms with van der Waals surface area (Å²) in [5.74, 6) is 1.63. The van der Waals surface area contributed by atoms with E-state index in [2.05, 4.69) is 13.8 Å². The smallest absolute Gasteiger partial charge is 0.309 e. The lowest BCUT2D eigenvalue weighted by molar-refractivity contribution is -0.158. The lowest BCUT2D eigenvalue weighted by Gasteiger charge is -2.59. The van der Waals surface area contributed by atoms with Gasteiger partial charge in [-0.3, -0.25) is 14.4 Å². The van der Waals surface area contributed by atoms with Crippen molar-refractivity contribution in [3.63, 3.8) is 0 Å². The van der Waals surface area contributed by atoms with Crippen LogP contribution in [0.25, 0.3) is 0 Å². The molecule has 4 nitrogen and oxygen atoms in total. The number of methoxy groups -OCH3 is 1. The van der Waals surface area contributed by atoms with Crippen molar-refractivity contribution < 1.29 is 19.1 Å². The lowest BCUT2D eigenvalue weighted by Crippen LogP contribution is -2.54. The Morgan fingerprint density at radius 2 is 1.80 bits per heavy atom. The highest BCUT2D eigenvalue weighted by molar-refractivity contribution is 5.92. The summed E-state index contributed by atoms with van der Waals surface area (Å²) < 4.78 is 5.02. The number of fused-ring (bicyclic) bond motifs is 5. The van der Waals surface area contributed by atoms with E-state index in [0.29, 0.717) is 36.4 Å². The monoisotopic (exact) mass is 346 g/mol. The van der Waals surface area contributed by atoms with Crippen molar-refractivity contribution in [2.45, 2.75) is 65.2 Å². The third-order valence-corrected chi connectivity index (χ3v) is 8.73. The van der Waals surface area contributed by atoms with Gasteiger partial charge >= 0.3 is 5.97 Å². The zero-order valence-electron chi connectivity index (χ0n) is 15.7. The Kier molecular flexibility index (Phi) is 3.90. The fourth-order valence-corrected chi connectivity index (χ4v) is 7.33. The van der Waals surface area contributed by atoms with Gasteiger partial charge in [-0.1, -0.05) is 13.8 Å². The molecule has 7 atom stereocenters. The van der Waals surface area contributed by atoms with Gasteiger partial charge in [0.15, 0.2) is 0 Å². The predicted molar refractivity (Wildman–Crippen MR) is 92.6 cm³/mol. The van der Waals surface area contributed by atoms with Crippen LogP contribution >= 0.6 is 0 Å². The molecule has 4 rings (SSSR count). The lowest BCUT2D eigenvalue weighted by atomic mass is 9.44. The Bertz CT molecular complexity index is 625. The Balaban J connectivity index is 1.66. The summed E-state index contributed by atoms with van der Waals surface area (Å²) in [5.41, 5.74) is -0.0409. The van der Waals surface area contributed by atoms with Crippen molar-refractivity contribution in [3.05, 3.63) is 0 Å². The summed E-state index contributed by atoms with van der Waals surface area (Å²) in [4.78, 5) is 37.2. The van der Waals surface area contributed by atoms with Crippen LogP contribution in [0.15, 0.2) is 0 Å². The highest BCUT2D eigenvalue weighted by atomic mass is 16.5. The minimum Gasteiger partial charge on any atom is -0.469 e. The number of Topliss-reactive ketones (excluding diaryl/α,β-unsaturated/α-hetero) is 2. The van der Waals surface area contributed by atoms with Crippen LogP contribution in [0.4, 0.5) is 0 Å². The maximum atomic E-state index is 13.0. The average molecular weight is 346 g/mol. The van der Waals surface area contributed by atoms with Crippen molar-refractivity contribution in [1.29, 1.82) is 0 Å². The zero-order chi connectivity index (χ0) is 18.0. The quantitative estimate of drug-likeness (QED) is 0.681. The molecule has 25 heavy (non-hydrogen) atoms. The highest BCUT2D eigenvalue weighted by Gasteiger charge is 2.64. The van der Waals surface area contributed by atoms with E-state index < -0.39 is 0 Å². The molecule has 4 fully saturated rings. The van der Waals surface area contributed by atoms with E-state index in [-0.39, 0.29) is 34.4 Å². The van der Waals surface area contributed by atoms with Crippen molar-refractivity contribution in [2.24, 2.45) is 40.4 Å². The first-order valence-corrected chi connectivity index (χ1v) is 9.93. The van der Waals surface area contributed by atoms with Crippen LogP contribution in [-0.4, -0.2) is 24.6 Å². The number of ether oxygens (including phenoxy) is 1. The Morgan fingerprint density at radius 3 is 2.52 bits per heavy atom. The Hall–Kier alpha value is -1.19. The van der Waals surface area contributed by atoms with E-state index in [9.17, 15) is 14.4 Å². The van der Waals surface area contributed by atoms with Crippen molar-refractivity contribution in [2.75, 3.05) is 7.11 Å². The van der Waals surface area contributed by atoms with Gasteiger partial charge < -0.3 is 4.74 Å². The largest absolute Gasteiger partial charge is 0.469 e. The summed E-state index contributed by atoms with van der Waals surface area (Å²) in [7, 11) is 1.43. The van der Waals surface area contributed by atoms with E-state index in [4.69, 9.17) is 4.74 Å². The average Bonchev–Trinajstić information content (AvgIpc) is 2.86. The van der Waals surface area contributed by atoms with Gasteiger partial charge in [0.25, 0.3) is 0 Å². The van der Waals surface area contributed by atoms with Crippen LogP contribution in [0, 0.1) is 40.4 Å². The standard InChI is InChI=1S/C21H30O4/c1-20-8-6-13(22)10-12(20)4-5-14-15(20)7-9-21(2)16(19(24)25-3)11-17(23)18(14)21/h12,14-16,18H,4-11H2,1-3H3. The maximum absolute atomic E-state index is 13.0. The molecule has 0 radical (unpaired) electrons. The van der Waals surface area contributed by atoms with Gasteiger partial charge in [0.05, 0.1) is 13.0 Å². The fourth-order valence-electron chi connectivity index (χ4n) is 7.33. The summed E-state index contributed by atoms with van der Waals surface area (Å²) in [5, 5.41) is 0. The fraction of sp³-hybridized carbons (Fsp3) is 0.857. The van der Waals surface area contributed by atoms with E-state index >= 15 is 0 Å². The molecule has 0 aromatic carbocycles. The number of hydrogen-bond acceptors (Lipinski definition) is 4. The highest BCUT2D eigenvalue weighted by Crippen LogP contribution is 2.66. The molecule has 0 heterocycles. The molecule has 0 aromatic rings. The van der Waals surface area contributed by atoms with Gasteiger partial charge in [-0.2, -0.15) is 0 Å².